The van der Waals surface area contributed by atoms with Crippen LogP contribution in [0.2, 0.25) is 0 Å². The Bertz CT molecular complexity index is 707. The van der Waals surface area contributed by atoms with Gasteiger partial charge < -0.3 is 9.15 Å². The monoisotopic (exact) mass is 266 g/mol. The van der Waals surface area contributed by atoms with E-state index in [-0.39, 0.29) is 0 Å². The van der Waals surface area contributed by atoms with E-state index in [2.05, 4.69) is 9.97 Å². The molecule has 0 radical (unpaired) electrons. The van der Waals surface area contributed by atoms with Crippen LogP contribution in [0.3, 0.4) is 0 Å². The van der Waals surface area contributed by atoms with Crippen LogP contribution < -0.4 is 4.74 Å². The summed E-state index contributed by atoms with van der Waals surface area (Å²) in [6, 6.07) is 9.92. The third kappa shape index (κ3) is 2.05. The van der Waals surface area contributed by atoms with Crippen molar-refractivity contribution in [3.05, 3.63) is 54.6 Å². The third-order valence-corrected chi connectivity index (χ3v) is 3.12. The van der Waals surface area contributed by atoms with Crippen molar-refractivity contribution in [1.82, 2.24) is 9.97 Å². The molecule has 0 aliphatic carbocycles. The summed E-state index contributed by atoms with van der Waals surface area (Å²) >= 11 is 0. The van der Waals surface area contributed by atoms with Gasteiger partial charge in [-0.05, 0) is 12.5 Å². The van der Waals surface area contributed by atoms with Crippen LogP contribution in [0.1, 0.15) is 5.56 Å². The van der Waals surface area contributed by atoms with Crippen LogP contribution in [0.25, 0.3) is 22.7 Å². The van der Waals surface area contributed by atoms with E-state index < -0.39 is 0 Å². The van der Waals surface area contributed by atoms with Crippen LogP contribution in [-0.2, 0) is 0 Å². The summed E-state index contributed by atoms with van der Waals surface area (Å²) in [7, 11) is 1.63. The Labute approximate surface area is 117 Å². The number of nitrogens with zero attached hydrogens (tertiary/aromatic N) is 2. The van der Waals surface area contributed by atoms with Gasteiger partial charge in [-0.1, -0.05) is 30.3 Å². The number of aryl methyl sites for hydroxylation is 1. The number of rotatable bonds is 3. The number of pyridine rings is 1. The molecule has 20 heavy (non-hydrogen) atoms. The smallest absolute Gasteiger partial charge is 0.230 e. The van der Waals surface area contributed by atoms with Gasteiger partial charge in [-0.2, -0.15) is 0 Å². The molecule has 0 fully saturated rings. The van der Waals surface area contributed by atoms with E-state index >= 15 is 0 Å². The van der Waals surface area contributed by atoms with Crippen LogP contribution >= 0.6 is 0 Å². The normalized spacial score (nSPS) is 10.5. The van der Waals surface area contributed by atoms with Crippen molar-refractivity contribution in [2.24, 2.45) is 0 Å². The van der Waals surface area contributed by atoms with Crippen LogP contribution in [0.5, 0.6) is 5.75 Å². The highest BCUT2D eigenvalue weighted by molar-refractivity contribution is 5.78. The number of oxazole rings is 1. The fourth-order valence-electron chi connectivity index (χ4n) is 2.20. The summed E-state index contributed by atoms with van der Waals surface area (Å²) < 4.78 is 11.0. The lowest BCUT2D eigenvalue weighted by molar-refractivity contribution is 0.414. The zero-order chi connectivity index (χ0) is 13.9. The molecule has 3 rings (SSSR count). The van der Waals surface area contributed by atoms with Gasteiger partial charge in [0.15, 0.2) is 5.75 Å². The van der Waals surface area contributed by atoms with Crippen LogP contribution in [0.4, 0.5) is 0 Å². The molecule has 3 aromatic rings. The zero-order valence-electron chi connectivity index (χ0n) is 11.3. The molecule has 0 aliphatic heterocycles. The molecular weight excluding hydrogens is 252 g/mol. The van der Waals surface area contributed by atoms with E-state index in [4.69, 9.17) is 9.15 Å². The first-order valence-corrected chi connectivity index (χ1v) is 6.30. The lowest BCUT2D eigenvalue weighted by Gasteiger charge is -2.13. The second-order valence-corrected chi connectivity index (χ2v) is 4.40. The minimum Gasteiger partial charge on any atom is -0.494 e. The molecule has 2 aromatic heterocycles. The van der Waals surface area contributed by atoms with Gasteiger partial charge >= 0.3 is 0 Å². The van der Waals surface area contributed by atoms with Gasteiger partial charge in [0.25, 0.3) is 0 Å². The van der Waals surface area contributed by atoms with Crippen molar-refractivity contribution < 1.29 is 9.15 Å². The maximum atomic E-state index is 5.57. The fourth-order valence-corrected chi connectivity index (χ4v) is 2.20. The van der Waals surface area contributed by atoms with Crippen molar-refractivity contribution in [3.8, 4) is 28.5 Å². The average molecular weight is 266 g/mol. The Morgan fingerprint density at radius 2 is 1.90 bits per heavy atom. The molecule has 100 valence electrons. The topological polar surface area (TPSA) is 48.2 Å². The molecule has 1 aromatic carbocycles. The molecule has 0 N–H and O–H groups in total. The van der Waals surface area contributed by atoms with E-state index in [1.807, 2.05) is 43.5 Å². The number of methoxy groups -OCH3 is 1. The molecular formula is C16H14N2O2. The third-order valence-electron chi connectivity index (χ3n) is 3.12. The molecule has 0 unspecified atom stereocenters. The summed E-state index contributed by atoms with van der Waals surface area (Å²) in [5, 5.41) is 0. The van der Waals surface area contributed by atoms with E-state index in [0.717, 1.165) is 22.4 Å². The standard InChI is InChI=1S/C16H14N2O2/c1-11-10-18-14(12-6-4-3-5-7-12)15(19-2)13(11)16-17-8-9-20-16/h3-10H,1-2H3. The van der Waals surface area contributed by atoms with Crippen molar-refractivity contribution in [3.63, 3.8) is 0 Å². The van der Waals surface area contributed by atoms with Crippen LogP contribution in [-0.4, -0.2) is 17.1 Å². The lowest BCUT2D eigenvalue weighted by Crippen LogP contribution is -1.97. The lowest BCUT2D eigenvalue weighted by atomic mass is 10.0. The number of hydrogen-bond donors (Lipinski definition) is 0. The summed E-state index contributed by atoms with van der Waals surface area (Å²) in [5.74, 6) is 1.22. The van der Waals surface area contributed by atoms with E-state index in [1.54, 1.807) is 19.6 Å². The fraction of sp³-hybridized carbons (Fsp3) is 0.125. The second kappa shape index (κ2) is 5.17. The van der Waals surface area contributed by atoms with Gasteiger partial charge in [-0.15, -0.1) is 0 Å². The first-order valence-electron chi connectivity index (χ1n) is 6.30. The van der Waals surface area contributed by atoms with Gasteiger partial charge in [0.2, 0.25) is 5.89 Å². The number of aromatic nitrogens is 2. The van der Waals surface area contributed by atoms with Crippen molar-refractivity contribution >= 4 is 0 Å². The Hall–Kier alpha value is -2.62. The number of hydrogen-bond acceptors (Lipinski definition) is 4. The van der Waals surface area contributed by atoms with E-state index in [1.165, 1.54) is 0 Å². The summed E-state index contributed by atoms with van der Waals surface area (Å²) in [6.07, 6.45) is 4.98. The highest BCUT2D eigenvalue weighted by Gasteiger charge is 2.19. The molecule has 2 heterocycles. The molecule has 4 heteroatoms. The van der Waals surface area contributed by atoms with E-state index in [0.29, 0.717) is 11.6 Å². The molecule has 0 atom stereocenters. The maximum absolute atomic E-state index is 5.57. The summed E-state index contributed by atoms with van der Waals surface area (Å²) in [5.41, 5.74) is 3.58. The van der Waals surface area contributed by atoms with Crippen molar-refractivity contribution in [1.29, 1.82) is 0 Å². The molecule has 4 nitrogen and oxygen atoms in total. The molecule has 0 saturated carbocycles. The zero-order valence-corrected chi connectivity index (χ0v) is 11.3. The van der Waals surface area contributed by atoms with Crippen LogP contribution in [0, 0.1) is 6.92 Å². The van der Waals surface area contributed by atoms with Crippen LogP contribution in [0.15, 0.2) is 53.4 Å². The first kappa shape index (κ1) is 12.4. The second-order valence-electron chi connectivity index (χ2n) is 4.40. The average Bonchev–Trinajstić information content (AvgIpc) is 3.01. The highest BCUT2D eigenvalue weighted by atomic mass is 16.5. The van der Waals surface area contributed by atoms with Gasteiger partial charge in [0, 0.05) is 11.8 Å². The van der Waals surface area contributed by atoms with Gasteiger partial charge in [-0.3, -0.25) is 4.98 Å². The Morgan fingerprint density at radius 1 is 1.10 bits per heavy atom. The summed E-state index contributed by atoms with van der Waals surface area (Å²) in [6.45, 7) is 1.96. The molecule has 0 bridgehead atoms. The van der Waals surface area contributed by atoms with Gasteiger partial charge in [-0.25, -0.2) is 4.98 Å². The molecule has 0 amide bonds. The predicted octanol–water partition coefficient (Wildman–Crippen LogP) is 3.72. The SMILES string of the molecule is COc1c(-c2ccccc2)ncc(C)c1-c1ncco1. The van der Waals surface area contributed by atoms with Crippen molar-refractivity contribution in [2.75, 3.05) is 7.11 Å². The predicted molar refractivity (Wildman–Crippen MR) is 76.5 cm³/mol. The minimum atomic E-state index is 0.541. The Balaban J connectivity index is 2.26. The van der Waals surface area contributed by atoms with Crippen molar-refractivity contribution in [2.45, 2.75) is 6.92 Å². The quantitative estimate of drug-likeness (QED) is 0.725. The molecule has 0 aliphatic rings. The summed E-state index contributed by atoms with van der Waals surface area (Å²) in [4.78, 5) is 8.71. The molecule has 0 saturated heterocycles. The Kier molecular flexibility index (Phi) is 3.21. The highest BCUT2D eigenvalue weighted by Crippen LogP contribution is 2.38. The van der Waals surface area contributed by atoms with Gasteiger partial charge in [0.05, 0.1) is 18.9 Å². The maximum Gasteiger partial charge on any atom is 0.230 e. The minimum absolute atomic E-state index is 0.541. The van der Waals surface area contributed by atoms with E-state index in [9.17, 15) is 0 Å². The molecule has 0 spiro atoms. The Morgan fingerprint density at radius 3 is 2.55 bits per heavy atom. The largest absolute Gasteiger partial charge is 0.494 e. The number of benzene rings is 1. The number of ether oxygens (including phenoxy) is 1. The van der Waals surface area contributed by atoms with Gasteiger partial charge in [0.1, 0.15) is 12.0 Å². The first-order chi connectivity index (χ1) is 9.81.